The van der Waals surface area contributed by atoms with Gasteiger partial charge in [0.15, 0.2) is 0 Å². The average molecular weight is 391 g/mol. The Hall–Kier alpha value is -3.37. The second kappa shape index (κ2) is 8.76. The van der Waals surface area contributed by atoms with Crippen LogP contribution in [0.15, 0.2) is 53.3 Å². The van der Waals surface area contributed by atoms with Gasteiger partial charge in [-0.3, -0.25) is 13.9 Å². The van der Waals surface area contributed by atoms with Gasteiger partial charge < -0.3 is 9.80 Å². The number of rotatable bonds is 7. The van der Waals surface area contributed by atoms with Crippen molar-refractivity contribution in [1.82, 2.24) is 18.9 Å². The molecule has 0 aliphatic rings. The highest BCUT2D eigenvalue weighted by molar-refractivity contribution is 5.81. The van der Waals surface area contributed by atoms with Crippen LogP contribution in [0.2, 0.25) is 0 Å². The molecule has 0 saturated heterocycles. The van der Waals surface area contributed by atoms with Gasteiger partial charge in [-0.1, -0.05) is 24.3 Å². The molecule has 1 aromatic heterocycles. The van der Waals surface area contributed by atoms with Gasteiger partial charge in [0.1, 0.15) is 6.54 Å². The summed E-state index contributed by atoms with van der Waals surface area (Å²) in [6.45, 7) is 1.68. The number of fused-ring (bicyclic) bond motifs is 1. The lowest BCUT2D eigenvalue weighted by Gasteiger charge is -2.25. The predicted octanol–water partition coefficient (Wildman–Crippen LogP) is 1.80. The molecule has 7 nitrogen and oxygen atoms in total. The van der Waals surface area contributed by atoms with Crippen molar-refractivity contribution in [2.24, 2.45) is 7.05 Å². The van der Waals surface area contributed by atoms with Crippen molar-refractivity contribution in [3.05, 3.63) is 70.1 Å². The summed E-state index contributed by atoms with van der Waals surface area (Å²) in [4.78, 5) is 29.6. The summed E-state index contributed by atoms with van der Waals surface area (Å²) in [6, 6.07) is 16.8. The van der Waals surface area contributed by atoms with E-state index in [1.165, 1.54) is 4.57 Å². The number of nitrogens with zero attached hydrogens (tertiary/aromatic N) is 5. The van der Waals surface area contributed by atoms with Crippen molar-refractivity contribution in [2.45, 2.75) is 13.1 Å². The van der Waals surface area contributed by atoms with E-state index in [1.807, 2.05) is 55.4 Å². The van der Waals surface area contributed by atoms with Crippen LogP contribution in [0.3, 0.4) is 0 Å². The maximum absolute atomic E-state index is 13.1. The largest absolute Gasteiger partial charge is 0.336 e. The molecule has 0 radical (unpaired) electrons. The van der Waals surface area contributed by atoms with Crippen LogP contribution in [0.25, 0.3) is 11.0 Å². The molecule has 2 aromatic carbocycles. The number of carbonyl (C=O) groups excluding carboxylic acids is 1. The zero-order valence-electron chi connectivity index (χ0n) is 17.0. The van der Waals surface area contributed by atoms with Gasteiger partial charge in [0.2, 0.25) is 5.91 Å². The van der Waals surface area contributed by atoms with Crippen molar-refractivity contribution < 1.29 is 4.79 Å². The SMILES string of the molecule is CN(C)CCN(Cc1ccc(C#N)cc1)C(=O)Cn1c(=O)n(C)c2ccccc21. The predicted molar refractivity (Wildman–Crippen MR) is 112 cm³/mol. The molecule has 0 saturated carbocycles. The van der Waals surface area contributed by atoms with E-state index in [0.717, 1.165) is 16.6 Å². The summed E-state index contributed by atoms with van der Waals surface area (Å²) in [7, 11) is 5.63. The molecule has 0 bridgehead atoms. The third-order valence-corrected chi connectivity index (χ3v) is 4.97. The Morgan fingerprint density at radius 3 is 2.31 bits per heavy atom. The molecule has 7 heteroatoms. The second-order valence-electron chi connectivity index (χ2n) is 7.34. The molecule has 1 heterocycles. The highest BCUT2D eigenvalue weighted by atomic mass is 16.2. The van der Waals surface area contributed by atoms with Crippen LogP contribution in [0.1, 0.15) is 11.1 Å². The van der Waals surface area contributed by atoms with E-state index in [9.17, 15) is 9.59 Å². The van der Waals surface area contributed by atoms with E-state index >= 15 is 0 Å². The number of imidazole rings is 1. The van der Waals surface area contributed by atoms with Gasteiger partial charge in [-0.15, -0.1) is 0 Å². The molecule has 0 spiro atoms. The van der Waals surface area contributed by atoms with Gasteiger partial charge in [0, 0.05) is 26.7 Å². The molecular weight excluding hydrogens is 366 g/mol. The first kappa shape index (κ1) is 20.4. The lowest BCUT2D eigenvalue weighted by molar-refractivity contribution is -0.132. The third-order valence-electron chi connectivity index (χ3n) is 4.97. The van der Waals surface area contributed by atoms with Crippen LogP contribution >= 0.6 is 0 Å². The van der Waals surface area contributed by atoms with E-state index in [2.05, 4.69) is 6.07 Å². The summed E-state index contributed by atoms with van der Waals surface area (Å²) < 4.78 is 3.09. The Balaban J connectivity index is 1.85. The van der Waals surface area contributed by atoms with Crippen LogP contribution < -0.4 is 5.69 Å². The highest BCUT2D eigenvalue weighted by Crippen LogP contribution is 2.13. The monoisotopic (exact) mass is 391 g/mol. The minimum absolute atomic E-state index is 0.0100. The molecule has 0 aliphatic carbocycles. The number of amides is 1. The Bertz CT molecular complexity index is 1100. The number of benzene rings is 2. The minimum atomic E-state index is -0.203. The summed E-state index contributed by atoms with van der Waals surface area (Å²) in [6.07, 6.45) is 0. The van der Waals surface area contributed by atoms with Crippen LogP contribution in [0, 0.1) is 11.3 Å². The topological polar surface area (TPSA) is 74.3 Å². The summed E-state index contributed by atoms with van der Waals surface area (Å²) in [5.74, 6) is -0.116. The number of hydrogen-bond donors (Lipinski definition) is 0. The van der Waals surface area contributed by atoms with E-state index in [-0.39, 0.29) is 18.1 Å². The zero-order valence-corrected chi connectivity index (χ0v) is 17.0. The van der Waals surface area contributed by atoms with E-state index in [1.54, 1.807) is 28.6 Å². The van der Waals surface area contributed by atoms with Crippen LogP contribution in [-0.2, 0) is 24.9 Å². The van der Waals surface area contributed by atoms with Crippen LogP contribution in [-0.4, -0.2) is 52.0 Å². The Morgan fingerprint density at radius 1 is 1.03 bits per heavy atom. The maximum atomic E-state index is 13.1. The molecule has 0 atom stereocenters. The van der Waals surface area contributed by atoms with Crippen molar-refractivity contribution in [1.29, 1.82) is 5.26 Å². The van der Waals surface area contributed by atoms with Gasteiger partial charge in [-0.25, -0.2) is 4.79 Å². The number of para-hydroxylation sites is 2. The van der Waals surface area contributed by atoms with Crippen molar-refractivity contribution >= 4 is 16.9 Å². The molecule has 0 unspecified atom stereocenters. The lowest BCUT2D eigenvalue weighted by atomic mass is 10.1. The van der Waals surface area contributed by atoms with Crippen molar-refractivity contribution in [3.8, 4) is 6.07 Å². The number of likely N-dealkylation sites (N-methyl/N-ethyl adjacent to an activating group) is 1. The third kappa shape index (κ3) is 4.55. The fourth-order valence-corrected chi connectivity index (χ4v) is 3.27. The fraction of sp³-hybridized carbons (Fsp3) is 0.318. The first-order valence-electron chi connectivity index (χ1n) is 9.46. The van der Waals surface area contributed by atoms with Crippen molar-refractivity contribution in [3.63, 3.8) is 0 Å². The highest BCUT2D eigenvalue weighted by Gasteiger charge is 2.19. The minimum Gasteiger partial charge on any atom is -0.336 e. The van der Waals surface area contributed by atoms with E-state index in [4.69, 9.17) is 5.26 Å². The molecule has 3 rings (SSSR count). The first-order valence-corrected chi connectivity index (χ1v) is 9.46. The molecule has 29 heavy (non-hydrogen) atoms. The molecule has 0 fully saturated rings. The molecule has 3 aromatic rings. The zero-order chi connectivity index (χ0) is 21.0. The van der Waals surface area contributed by atoms with Crippen LogP contribution in [0.4, 0.5) is 0 Å². The van der Waals surface area contributed by atoms with Crippen LogP contribution in [0.5, 0.6) is 0 Å². The van der Waals surface area contributed by atoms with Gasteiger partial charge >= 0.3 is 5.69 Å². The summed E-state index contributed by atoms with van der Waals surface area (Å²) in [5, 5.41) is 8.97. The van der Waals surface area contributed by atoms with Gasteiger partial charge in [0.05, 0.1) is 22.7 Å². The number of carbonyl (C=O) groups is 1. The average Bonchev–Trinajstić information content (AvgIpc) is 2.96. The number of aryl methyl sites for hydroxylation is 1. The van der Waals surface area contributed by atoms with Gasteiger partial charge in [-0.05, 0) is 43.9 Å². The second-order valence-corrected chi connectivity index (χ2v) is 7.34. The number of aromatic nitrogens is 2. The standard InChI is InChI=1S/C22H25N5O2/c1-24(2)12-13-26(15-18-10-8-17(14-23)9-11-18)21(28)16-27-20-7-5-4-6-19(20)25(3)22(27)29/h4-11H,12-13,15-16H2,1-3H3. The lowest BCUT2D eigenvalue weighted by Crippen LogP contribution is -2.39. The smallest absolute Gasteiger partial charge is 0.329 e. The molecule has 1 amide bonds. The van der Waals surface area contributed by atoms with E-state index in [0.29, 0.717) is 25.2 Å². The van der Waals surface area contributed by atoms with Gasteiger partial charge in [0.25, 0.3) is 0 Å². The summed E-state index contributed by atoms with van der Waals surface area (Å²) >= 11 is 0. The normalized spacial score (nSPS) is 11.0. The molecular formula is C22H25N5O2. The molecule has 0 N–H and O–H groups in total. The van der Waals surface area contributed by atoms with Gasteiger partial charge in [-0.2, -0.15) is 5.26 Å². The summed E-state index contributed by atoms with van der Waals surface area (Å²) in [5.41, 5.74) is 2.88. The maximum Gasteiger partial charge on any atom is 0.329 e. The fourth-order valence-electron chi connectivity index (χ4n) is 3.27. The van der Waals surface area contributed by atoms with E-state index < -0.39 is 0 Å². The molecule has 150 valence electrons. The molecule has 0 aliphatic heterocycles. The Kier molecular flexibility index (Phi) is 6.15. The Morgan fingerprint density at radius 2 is 1.69 bits per heavy atom. The number of nitriles is 1. The van der Waals surface area contributed by atoms with Crippen molar-refractivity contribution in [2.75, 3.05) is 27.2 Å². The quantitative estimate of drug-likeness (QED) is 0.616. The Labute approximate surface area is 170 Å². The number of hydrogen-bond acceptors (Lipinski definition) is 4. The first-order chi connectivity index (χ1) is 13.9.